The average molecular weight is 549 g/mol. The van der Waals surface area contributed by atoms with Gasteiger partial charge >= 0.3 is 0 Å². The van der Waals surface area contributed by atoms with Gasteiger partial charge in [0.25, 0.3) is 5.91 Å². The van der Waals surface area contributed by atoms with E-state index in [0.717, 1.165) is 80.1 Å². The van der Waals surface area contributed by atoms with Gasteiger partial charge in [-0.3, -0.25) is 9.59 Å². The number of aryl methyl sites for hydroxylation is 1. The number of aliphatic imine (C=N–C) groups is 1. The number of ketones is 1. The van der Waals surface area contributed by atoms with Crippen LogP contribution in [0.5, 0.6) is 0 Å². The molecule has 1 unspecified atom stereocenters. The number of thiophene rings is 1. The van der Waals surface area contributed by atoms with Gasteiger partial charge in [0, 0.05) is 36.2 Å². The van der Waals surface area contributed by atoms with E-state index in [1.54, 1.807) is 0 Å². The molecular formula is C32H44N4O2S. The van der Waals surface area contributed by atoms with Gasteiger partial charge in [-0.25, -0.2) is 4.99 Å². The van der Waals surface area contributed by atoms with E-state index in [9.17, 15) is 9.59 Å². The first-order chi connectivity index (χ1) is 19.1. The van der Waals surface area contributed by atoms with Crippen LogP contribution in [-0.2, 0) is 6.42 Å². The second kappa shape index (κ2) is 13.2. The van der Waals surface area contributed by atoms with Crippen LogP contribution in [0.2, 0.25) is 0 Å². The number of nitrogens with one attached hydrogen (secondary N) is 1. The summed E-state index contributed by atoms with van der Waals surface area (Å²) in [7, 11) is 0. The molecule has 0 saturated carbocycles. The number of Topliss-reactive ketones (excluding diaryl/α,β-unsaturated/α-hetero) is 1. The van der Waals surface area contributed by atoms with E-state index in [-0.39, 0.29) is 23.7 Å². The first-order valence-corrected chi connectivity index (χ1v) is 16.1. The van der Waals surface area contributed by atoms with Crippen molar-refractivity contribution in [3.8, 4) is 0 Å². The summed E-state index contributed by atoms with van der Waals surface area (Å²) >= 11 is 1.51. The molecule has 0 aliphatic carbocycles. The average Bonchev–Trinajstić information content (AvgIpc) is 3.31. The number of amides is 1. The third-order valence-corrected chi connectivity index (χ3v) is 9.47. The van der Waals surface area contributed by atoms with Crippen molar-refractivity contribution in [1.82, 2.24) is 10.2 Å². The normalized spacial score (nSPS) is 19.6. The number of benzene rings is 1. The Morgan fingerprint density at radius 3 is 2.67 bits per heavy atom. The van der Waals surface area contributed by atoms with Crippen molar-refractivity contribution in [1.29, 1.82) is 0 Å². The largest absolute Gasteiger partial charge is 0.349 e. The second-order valence-electron chi connectivity index (χ2n) is 11.5. The standard InChI is InChI=1S/C32H44N4O2S/c1-3-9-26(10-4-2)33-32(38)25-14-12-23-11-13-24-22-29(37)30-27(15-20-39-30)34-31(24)36(28(23)21-25)19-8-18-35-16-6-5-7-17-35/h12,14-15,20-21,24,26H,3-11,13,16-19,22H2,1-2H3,(H,33,38). The highest BCUT2D eigenvalue weighted by atomic mass is 32.1. The van der Waals surface area contributed by atoms with Crippen molar-refractivity contribution >= 4 is 40.2 Å². The lowest BCUT2D eigenvalue weighted by Crippen LogP contribution is -2.39. The summed E-state index contributed by atoms with van der Waals surface area (Å²) in [5.74, 6) is 1.32. The maximum atomic E-state index is 13.4. The topological polar surface area (TPSA) is 65.0 Å². The summed E-state index contributed by atoms with van der Waals surface area (Å²) in [5.41, 5.74) is 3.86. The Balaban J connectivity index is 1.46. The van der Waals surface area contributed by atoms with Gasteiger partial charge in [0.15, 0.2) is 5.78 Å². The molecule has 39 heavy (non-hydrogen) atoms. The fraction of sp³-hybridized carbons (Fsp3) is 0.594. The van der Waals surface area contributed by atoms with Crippen molar-refractivity contribution in [3.05, 3.63) is 45.6 Å². The number of likely N-dealkylation sites (tertiary alicyclic amines) is 1. The molecule has 5 rings (SSSR count). The number of hydrogen-bond acceptors (Lipinski definition) is 6. The number of nitrogens with zero attached hydrogens (tertiary/aromatic N) is 3. The minimum Gasteiger partial charge on any atom is -0.349 e. The molecule has 1 fully saturated rings. The third-order valence-electron chi connectivity index (χ3n) is 8.52. The van der Waals surface area contributed by atoms with Crippen molar-refractivity contribution < 1.29 is 9.59 Å². The summed E-state index contributed by atoms with van der Waals surface area (Å²) in [6.45, 7) is 8.63. The van der Waals surface area contributed by atoms with E-state index < -0.39 is 0 Å². The zero-order chi connectivity index (χ0) is 27.2. The zero-order valence-corrected chi connectivity index (χ0v) is 24.5. The van der Waals surface area contributed by atoms with Gasteiger partial charge < -0.3 is 15.1 Å². The van der Waals surface area contributed by atoms with E-state index in [2.05, 4.69) is 41.1 Å². The van der Waals surface area contributed by atoms with E-state index in [1.807, 2.05) is 17.5 Å². The molecule has 0 bridgehead atoms. The smallest absolute Gasteiger partial charge is 0.251 e. The predicted octanol–water partition coefficient (Wildman–Crippen LogP) is 7.01. The third kappa shape index (κ3) is 6.63. The van der Waals surface area contributed by atoms with Crippen LogP contribution in [0.15, 0.2) is 34.6 Å². The number of hydrogen-bond donors (Lipinski definition) is 1. The van der Waals surface area contributed by atoms with Gasteiger partial charge in [0.05, 0.1) is 10.6 Å². The molecule has 1 amide bonds. The molecule has 3 aliphatic heterocycles. The molecule has 2 aromatic rings. The monoisotopic (exact) mass is 548 g/mol. The number of rotatable bonds is 10. The minimum absolute atomic E-state index is 0.0110. The summed E-state index contributed by atoms with van der Waals surface area (Å²) in [5, 5.41) is 5.28. The lowest BCUT2D eigenvalue weighted by molar-refractivity contribution is 0.0931. The molecule has 1 aromatic carbocycles. The molecule has 4 heterocycles. The van der Waals surface area contributed by atoms with Gasteiger partial charge in [0.1, 0.15) is 5.84 Å². The zero-order valence-electron chi connectivity index (χ0n) is 23.7. The molecule has 0 spiro atoms. The Labute approximate surface area is 237 Å². The molecule has 1 atom stereocenters. The van der Waals surface area contributed by atoms with Gasteiger partial charge in [-0.2, -0.15) is 0 Å². The molecule has 0 radical (unpaired) electrons. The van der Waals surface area contributed by atoms with Crippen LogP contribution in [0, 0.1) is 5.92 Å². The van der Waals surface area contributed by atoms with Gasteiger partial charge in [-0.1, -0.05) is 39.2 Å². The molecule has 3 aliphatic rings. The lowest BCUT2D eigenvalue weighted by atomic mass is 9.94. The number of fused-ring (bicyclic) bond motifs is 3. The predicted molar refractivity (Wildman–Crippen MR) is 162 cm³/mol. The molecule has 1 aromatic heterocycles. The van der Waals surface area contributed by atoms with E-state index >= 15 is 0 Å². The Morgan fingerprint density at radius 1 is 1.10 bits per heavy atom. The number of carbonyl (C=O) groups excluding carboxylic acids is 2. The highest BCUT2D eigenvalue weighted by Crippen LogP contribution is 2.39. The Morgan fingerprint density at radius 2 is 1.90 bits per heavy atom. The fourth-order valence-electron chi connectivity index (χ4n) is 6.48. The molecule has 1 saturated heterocycles. The summed E-state index contributed by atoms with van der Waals surface area (Å²) in [6.07, 6.45) is 11.4. The molecule has 6 nitrogen and oxygen atoms in total. The SMILES string of the molecule is CCCC(CCC)NC(=O)c1ccc2c(c1)N(CCCN1CCCCC1)C1=Nc3ccsc3C(=O)CC1CC2. The highest BCUT2D eigenvalue weighted by Gasteiger charge is 2.34. The summed E-state index contributed by atoms with van der Waals surface area (Å²) in [6, 6.07) is 8.41. The van der Waals surface area contributed by atoms with Gasteiger partial charge in [-0.05, 0) is 93.7 Å². The maximum absolute atomic E-state index is 13.4. The Bertz CT molecular complexity index is 1180. The number of carbonyl (C=O) groups is 2. The second-order valence-corrected chi connectivity index (χ2v) is 12.4. The quantitative estimate of drug-likeness (QED) is 0.347. The van der Waals surface area contributed by atoms with E-state index in [1.165, 1.54) is 49.3 Å². The van der Waals surface area contributed by atoms with Crippen molar-refractivity contribution in [3.63, 3.8) is 0 Å². The first kappa shape index (κ1) is 28.0. The minimum atomic E-state index is 0.0110. The number of piperidine rings is 1. The van der Waals surface area contributed by atoms with Crippen LogP contribution in [0.1, 0.15) is 104 Å². The van der Waals surface area contributed by atoms with Crippen LogP contribution in [-0.4, -0.2) is 54.6 Å². The van der Waals surface area contributed by atoms with Crippen LogP contribution in [0.25, 0.3) is 0 Å². The van der Waals surface area contributed by atoms with Gasteiger partial charge in [0.2, 0.25) is 0 Å². The van der Waals surface area contributed by atoms with E-state index in [0.29, 0.717) is 12.0 Å². The molecule has 210 valence electrons. The Hall–Kier alpha value is -2.51. The van der Waals surface area contributed by atoms with Crippen LogP contribution in [0.3, 0.4) is 0 Å². The van der Waals surface area contributed by atoms with Crippen molar-refractivity contribution in [2.45, 2.75) is 90.5 Å². The molecule has 1 N–H and O–H groups in total. The fourth-order valence-corrected chi connectivity index (χ4v) is 7.26. The Kier molecular flexibility index (Phi) is 9.51. The summed E-state index contributed by atoms with van der Waals surface area (Å²) in [4.78, 5) is 37.5. The molecule has 7 heteroatoms. The number of anilines is 1. The van der Waals surface area contributed by atoms with Crippen molar-refractivity contribution in [2.24, 2.45) is 10.9 Å². The highest BCUT2D eigenvalue weighted by molar-refractivity contribution is 7.12. The van der Waals surface area contributed by atoms with Crippen LogP contribution < -0.4 is 10.2 Å². The lowest BCUT2D eigenvalue weighted by Gasteiger charge is -2.31. The van der Waals surface area contributed by atoms with Crippen LogP contribution in [0.4, 0.5) is 11.4 Å². The first-order valence-electron chi connectivity index (χ1n) is 15.2. The summed E-state index contributed by atoms with van der Waals surface area (Å²) < 4.78 is 0. The van der Waals surface area contributed by atoms with Crippen molar-refractivity contribution in [2.75, 3.05) is 31.1 Å². The molecular weight excluding hydrogens is 504 g/mol. The van der Waals surface area contributed by atoms with Crippen LogP contribution >= 0.6 is 11.3 Å². The van der Waals surface area contributed by atoms with Gasteiger partial charge in [-0.15, -0.1) is 11.3 Å². The van der Waals surface area contributed by atoms with E-state index in [4.69, 9.17) is 4.99 Å². The number of amidine groups is 1. The maximum Gasteiger partial charge on any atom is 0.251 e.